The highest BCUT2D eigenvalue weighted by Crippen LogP contribution is 2.38. The van der Waals surface area contributed by atoms with Crippen LogP contribution in [0.3, 0.4) is 0 Å². The lowest BCUT2D eigenvalue weighted by molar-refractivity contribution is -0.143. The molecule has 1 N–H and O–H groups in total. The average molecular weight is 319 g/mol. The van der Waals surface area contributed by atoms with Gasteiger partial charge >= 0.3 is 5.97 Å². The molecule has 2 aliphatic heterocycles. The molecule has 23 heavy (non-hydrogen) atoms. The van der Waals surface area contributed by atoms with Gasteiger partial charge in [0.2, 0.25) is 0 Å². The third-order valence-electron chi connectivity index (χ3n) is 4.76. The van der Waals surface area contributed by atoms with Crippen LogP contribution in [0.25, 0.3) is 0 Å². The van der Waals surface area contributed by atoms with E-state index in [0.717, 1.165) is 19.6 Å². The summed E-state index contributed by atoms with van der Waals surface area (Å²) in [5, 5.41) is 9.49. The van der Waals surface area contributed by atoms with Crippen LogP contribution in [-0.4, -0.2) is 69.8 Å². The Morgan fingerprint density at radius 1 is 1.43 bits per heavy atom. The van der Waals surface area contributed by atoms with Crippen molar-refractivity contribution in [3.8, 4) is 0 Å². The van der Waals surface area contributed by atoms with E-state index in [2.05, 4.69) is 16.8 Å². The number of nitrogens with zero attached hydrogens (tertiary/aromatic N) is 3. The van der Waals surface area contributed by atoms with Gasteiger partial charge in [-0.15, -0.1) is 0 Å². The number of pyridine rings is 1. The van der Waals surface area contributed by atoms with Crippen molar-refractivity contribution < 1.29 is 19.4 Å². The van der Waals surface area contributed by atoms with Gasteiger partial charge in [0.1, 0.15) is 5.72 Å². The predicted molar refractivity (Wildman–Crippen MR) is 81.9 cm³/mol. The Hall–Kier alpha value is -1.99. The first-order valence-corrected chi connectivity index (χ1v) is 7.90. The average Bonchev–Trinajstić information content (AvgIpc) is 2.95. The second-order valence-electron chi connectivity index (χ2n) is 5.96. The van der Waals surface area contributed by atoms with Gasteiger partial charge in [0.25, 0.3) is 5.91 Å². The number of amides is 1. The topological polar surface area (TPSA) is 83.0 Å². The van der Waals surface area contributed by atoms with Crippen LogP contribution < -0.4 is 0 Å². The monoisotopic (exact) mass is 319 g/mol. The second-order valence-corrected chi connectivity index (χ2v) is 5.96. The van der Waals surface area contributed by atoms with E-state index in [1.807, 2.05) is 0 Å². The third kappa shape index (κ3) is 2.82. The molecule has 1 spiro atoms. The number of carbonyl (C=O) groups is 2. The zero-order valence-corrected chi connectivity index (χ0v) is 13.1. The Morgan fingerprint density at radius 3 is 2.74 bits per heavy atom. The van der Waals surface area contributed by atoms with E-state index in [9.17, 15) is 14.7 Å². The number of aromatic nitrogens is 1. The van der Waals surface area contributed by atoms with Crippen LogP contribution in [0.5, 0.6) is 0 Å². The molecule has 3 heterocycles. The summed E-state index contributed by atoms with van der Waals surface area (Å²) in [7, 11) is 0. The number of piperidine rings is 1. The van der Waals surface area contributed by atoms with Crippen LogP contribution in [0, 0.1) is 0 Å². The molecule has 1 amide bonds. The maximum Gasteiger partial charge on any atom is 0.328 e. The number of carbonyl (C=O) groups excluding carboxylic acids is 1. The van der Waals surface area contributed by atoms with Gasteiger partial charge in [0.15, 0.2) is 6.04 Å². The number of rotatable bonds is 3. The van der Waals surface area contributed by atoms with E-state index in [-0.39, 0.29) is 12.5 Å². The minimum atomic E-state index is -1.03. The molecule has 7 heteroatoms. The maximum absolute atomic E-state index is 12.9. The quantitative estimate of drug-likeness (QED) is 0.888. The first kappa shape index (κ1) is 15.9. The van der Waals surface area contributed by atoms with Crippen LogP contribution in [0.4, 0.5) is 0 Å². The van der Waals surface area contributed by atoms with Crippen molar-refractivity contribution >= 4 is 11.9 Å². The highest BCUT2D eigenvalue weighted by atomic mass is 16.5. The van der Waals surface area contributed by atoms with Crippen LogP contribution in [-0.2, 0) is 9.53 Å². The molecular weight excluding hydrogens is 298 g/mol. The van der Waals surface area contributed by atoms with Gasteiger partial charge < -0.3 is 14.7 Å². The summed E-state index contributed by atoms with van der Waals surface area (Å²) in [6.07, 6.45) is 4.29. The summed E-state index contributed by atoms with van der Waals surface area (Å²) >= 11 is 0. The molecule has 7 nitrogen and oxygen atoms in total. The predicted octanol–water partition coefficient (Wildman–Crippen LogP) is 0.819. The molecule has 0 aliphatic carbocycles. The van der Waals surface area contributed by atoms with E-state index < -0.39 is 17.7 Å². The Morgan fingerprint density at radius 2 is 2.17 bits per heavy atom. The van der Waals surface area contributed by atoms with Gasteiger partial charge in [0, 0.05) is 38.3 Å². The van der Waals surface area contributed by atoms with Crippen molar-refractivity contribution in [2.45, 2.75) is 31.5 Å². The van der Waals surface area contributed by atoms with Crippen molar-refractivity contribution in [3.63, 3.8) is 0 Å². The molecule has 0 saturated carbocycles. The fourth-order valence-corrected chi connectivity index (χ4v) is 3.40. The molecule has 0 aromatic carbocycles. The molecule has 1 unspecified atom stereocenters. The fourth-order valence-electron chi connectivity index (χ4n) is 3.40. The van der Waals surface area contributed by atoms with Gasteiger partial charge in [-0.3, -0.25) is 14.7 Å². The standard InChI is InChI=1S/C16H21N3O4/c1-2-18-8-5-16(6-9-18)19(13(11-23-16)15(21)22)14(20)12-4-3-7-17-10-12/h3-4,7,10,13H,2,5-6,8-9,11H2,1H3,(H,21,22). The largest absolute Gasteiger partial charge is 0.480 e. The molecule has 1 atom stereocenters. The van der Waals surface area contributed by atoms with Crippen LogP contribution in [0.15, 0.2) is 24.5 Å². The van der Waals surface area contributed by atoms with Crippen LogP contribution in [0.2, 0.25) is 0 Å². The molecule has 3 rings (SSSR count). The minimum absolute atomic E-state index is 0.0352. The molecule has 2 aliphatic rings. The zero-order valence-electron chi connectivity index (χ0n) is 13.1. The minimum Gasteiger partial charge on any atom is -0.480 e. The highest BCUT2D eigenvalue weighted by molar-refractivity contribution is 5.97. The Kier molecular flexibility index (Phi) is 4.32. The van der Waals surface area contributed by atoms with Crippen LogP contribution in [0.1, 0.15) is 30.1 Å². The summed E-state index contributed by atoms with van der Waals surface area (Å²) in [4.78, 5) is 32.2. The normalized spacial score (nSPS) is 24.0. The number of carboxylic acids is 1. The number of ether oxygens (including phenoxy) is 1. The van der Waals surface area contributed by atoms with E-state index >= 15 is 0 Å². The van der Waals surface area contributed by atoms with Gasteiger partial charge in [0.05, 0.1) is 12.2 Å². The smallest absolute Gasteiger partial charge is 0.328 e. The van der Waals surface area contributed by atoms with Crippen LogP contribution >= 0.6 is 0 Å². The van der Waals surface area contributed by atoms with Crippen molar-refractivity contribution in [1.29, 1.82) is 0 Å². The second kappa shape index (κ2) is 6.25. The van der Waals surface area contributed by atoms with E-state index in [1.54, 1.807) is 18.3 Å². The van der Waals surface area contributed by atoms with E-state index in [0.29, 0.717) is 18.4 Å². The lowest BCUT2D eigenvalue weighted by atomic mass is 9.97. The Bertz CT molecular complexity index is 584. The number of hydrogen-bond donors (Lipinski definition) is 1. The molecule has 2 fully saturated rings. The summed E-state index contributed by atoms with van der Waals surface area (Å²) in [5.74, 6) is -1.36. The van der Waals surface area contributed by atoms with E-state index in [1.165, 1.54) is 11.1 Å². The van der Waals surface area contributed by atoms with Gasteiger partial charge in [-0.25, -0.2) is 4.79 Å². The van der Waals surface area contributed by atoms with Gasteiger partial charge in [-0.2, -0.15) is 0 Å². The Labute approximate surface area is 134 Å². The van der Waals surface area contributed by atoms with Crippen molar-refractivity contribution in [1.82, 2.24) is 14.8 Å². The lowest BCUT2D eigenvalue weighted by Crippen LogP contribution is -2.58. The summed E-state index contributed by atoms with van der Waals surface area (Å²) < 4.78 is 5.88. The Balaban J connectivity index is 1.91. The summed E-state index contributed by atoms with van der Waals surface area (Å²) in [6, 6.07) is 2.38. The summed E-state index contributed by atoms with van der Waals surface area (Å²) in [5.41, 5.74) is -0.427. The third-order valence-corrected chi connectivity index (χ3v) is 4.76. The lowest BCUT2D eigenvalue weighted by Gasteiger charge is -2.44. The first-order chi connectivity index (χ1) is 11.1. The molecule has 0 radical (unpaired) electrons. The van der Waals surface area contributed by atoms with Crippen molar-refractivity contribution in [2.24, 2.45) is 0 Å². The molecule has 124 valence electrons. The number of aliphatic carboxylic acids is 1. The summed E-state index contributed by atoms with van der Waals surface area (Å²) in [6.45, 7) is 4.65. The maximum atomic E-state index is 12.9. The molecule has 1 aromatic heterocycles. The number of hydrogen-bond acceptors (Lipinski definition) is 5. The first-order valence-electron chi connectivity index (χ1n) is 7.90. The molecule has 0 bridgehead atoms. The molecular formula is C16H21N3O4. The molecule has 2 saturated heterocycles. The van der Waals surface area contributed by atoms with Crippen molar-refractivity contribution in [2.75, 3.05) is 26.2 Å². The SMILES string of the molecule is CCN1CCC2(CC1)OCC(C(=O)O)N2C(=O)c1cccnc1. The van der Waals surface area contributed by atoms with Crippen molar-refractivity contribution in [3.05, 3.63) is 30.1 Å². The van der Waals surface area contributed by atoms with E-state index in [4.69, 9.17) is 4.74 Å². The fraction of sp³-hybridized carbons (Fsp3) is 0.562. The molecule has 1 aromatic rings. The highest BCUT2D eigenvalue weighted by Gasteiger charge is 2.53. The van der Waals surface area contributed by atoms with Gasteiger partial charge in [-0.05, 0) is 18.7 Å². The zero-order chi connectivity index (χ0) is 16.4. The number of carboxylic acid groups (broad SMARTS) is 1. The number of likely N-dealkylation sites (tertiary alicyclic amines) is 1. The van der Waals surface area contributed by atoms with Gasteiger partial charge in [-0.1, -0.05) is 6.92 Å².